The average molecular weight is 313 g/mol. The molecule has 0 aliphatic rings. The molecule has 0 aliphatic carbocycles. The molecule has 124 valence electrons. The summed E-state index contributed by atoms with van der Waals surface area (Å²) in [5, 5.41) is 0. The molecule has 2 nitrogen and oxygen atoms in total. The molecule has 1 aromatic rings. The molecule has 0 amide bonds. The van der Waals surface area contributed by atoms with E-state index in [2.05, 4.69) is 55.7 Å². The van der Waals surface area contributed by atoms with Crippen LogP contribution < -0.4 is 4.57 Å². The van der Waals surface area contributed by atoms with E-state index in [1.54, 1.807) is 24.6 Å². The number of aryl methyl sites for hydroxylation is 2. The summed E-state index contributed by atoms with van der Waals surface area (Å²) in [6, 6.07) is 0. The molecule has 0 atom stereocenters. The third-order valence-electron chi connectivity index (χ3n) is 4.79. The molecule has 0 aromatic carbocycles. The molecule has 1 aromatic heterocycles. The predicted molar refractivity (Wildman–Crippen MR) is 98.1 cm³/mol. The molecular weight excluding hydrogens is 275 g/mol. The van der Waals surface area contributed by atoms with E-state index >= 15 is 0 Å². The first kappa shape index (κ1) is 18.7. The number of aromatic nitrogens is 2. The van der Waals surface area contributed by atoms with Gasteiger partial charge in [-0.2, -0.15) is 0 Å². The van der Waals surface area contributed by atoms with Crippen molar-refractivity contribution in [2.45, 2.75) is 65.8 Å². The van der Waals surface area contributed by atoms with Crippen LogP contribution in [-0.4, -0.2) is 29.2 Å². The van der Waals surface area contributed by atoms with Crippen LogP contribution in [0.25, 0.3) is 0 Å². The quantitative estimate of drug-likeness (QED) is 0.306. The van der Waals surface area contributed by atoms with Crippen molar-refractivity contribution in [3.63, 3.8) is 0 Å². The Kier molecular flexibility index (Phi) is 9.24. The van der Waals surface area contributed by atoms with Crippen molar-refractivity contribution in [3.8, 4) is 0 Å². The first-order valence-electron chi connectivity index (χ1n) is 9.17. The number of hydrogen-bond donors (Lipinski definition) is 0. The molecule has 0 spiro atoms. The fourth-order valence-electron chi connectivity index (χ4n) is 3.95. The Morgan fingerprint density at radius 3 is 1.95 bits per heavy atom. The van der Waals surface area contributed by atoms with Crippen LogP contribution in [0.4, 0.5) is 0 Å². The fourth-order valence-corrected chi connectivity index (χ4v) is 9.63. The van der Waals surface area contributed by atoms with Gasteiger partial charge in [-0.3, -0.25) is 0 Å². The molecule has 1 heterocycles. The van der Waals surface area contributed by atoms with Crippen molar-refractivity contribution in [1.82, 2.24) is 4.57 Å². The van der Waals surface area contributed by atoms with E-state index < -0.39 is 7.26 Å². The summed E-state index contributed by atoms with van der Waals surface area (Å²) in [5.74, 6) is 0. The number of hydrogen-bond acceptors (Lipinski definition) is 0. The Hall–Kier alpha value is -0.360. The molecule has 0 bridgehead atoms. The van der Waals surface area contributed by atoms with Crippen molar-refractivity contribution >= 4 is 7.26 Å². The van der Waals surface area contributed by atoms with Gasteiger partial charge in [-0.15, -0.1) is 0 Å². The van der Waals surface area contributed by atoms with Gasteiger partial charge in [0.1, 0.15) is 0 Å². The summed E-state index contributed by atoms with van der Waals surface area (Å²) in [6.07, 6.45) is 21.2. The Labute approximate surface area is 133 Å². The van der Waals surface area contributed by atoms with Gasteiger partial charge in [0, 0.05) is 0 Å². The minimum absolute atomic E-state index is 0.932. The molecule has 0 radical (unpaired) electrons. The van der Waals surface area contributed by atoms with Crippen molar-refractivity contribution < 1.29 is 4.57 Å². The van der Waals surface area contributed by atoms with E-state index in [0.29, 0.717) is 0 Å². The van der Waals surface area contributed by atoms with Gasteiger partial charge < -0.3 is 0 Å². The van der Waals surface area contributed by atoms with Gasteiger partial charge in [-0.05, 0) is 0 Å². The average Bonchev–Trinajstić information content (AvgIpc) is 2.85. The molecular formula is C18H38N2P+. The Bertz CT molecular complexity index is 356. The van der Waals surface area contributed by atoms with E-state index in [-0.39, 0.29) is 0 Å². The third kappa shape index (κ3) is 6.96. The first-order chi connectivity index (χ1) is 10.2. The topological polar surface area (TPSA) is 8.81 Å². The van der Waals surface area contributed by atoms with Crippen LogP contribution in [-0.2, 0) is 13.6 Å². The molecule has 0 fully saturated rings. The summed E-state index contributed by atoms with van der Waals surface area (Å²) < 4.78 is 4.44. The maximum absolute atomic E-state index is 2.39. The van der Waals surface area contributed by atoms with Crippen LogP contribution in [0.5, 0.6) is 0 Å². The third-order valence-corrected chi connectivity index (χ3v) is 10.9. The summed E-state index contributed by atoms with van der Waals surface area (Å²) in [7, 11) is 1.16. The second-order valence-electron chi connectivity index (χ2n) is 6.88. The molecule has 0 unspecified atom stereocenters. The van der Waals surface area contributed by atoms with Gasteiger partial charge in [0.25, 0.3) is 0 Å². The van der Waals surface area contributed by atoms with Gasteiger partial charge in [0.2, 0.25) is 0 Å². The van der Waals surface area contributed by atoms with Gasteiger partial charge in [-0.1, -0.05) is 0 Å². The zero-order valence-electron chi connectivity index (χ0n) is 14.9. The second kappa shape index (κ2) is 10.4. The van der Waals surface area contributed by atoms with Crippen LogP contribution in [0, 0.1) is 0 Å². The predicted octanol–water partition coefficient (Wildman–Crippen LogP) is 4.46. The van der Waals surface area contributed by atoms with Crippen molar-refractivity contribution in [1.29, 1.82) is 0 Å². The Morgan fingerprint density at radius 2 is 1.48 bits per heavy atom. The Balaban J connectivity index is 2.31. The summed E-state index contributed by atoms with van der Waals surface area (Å²) in [6.45, 7) is 8.35. The Morgan fingerprint density at radius 1 is 0.857 bits per heavy atom. The minimum atomic E-state index is -0.932. The molecule has 0 saturated heterocycles. The monoisotopic (exact) mass is 313 g/mol. The standard InChI is InChI=1S/C18H38N2P/c1-5-14-21(15-6-2,16-7-3)17-10-8-9-11-20-13-12-19(4)18-20/h12-13,18,21H,5-11,14-17H2,1-4H3/q+1. The van der Waals surface area contributed by atoms with Crippen LogP contribution in [0.15, 0.2) is 18.7 Å². The van der Waals surface area contributed by atoms with Crippen LogP contribution in [0.3, 0.4) is 0 Å². The van der Waals surface area contributed by atoms with Crippen molar-refractivity contribution in [2.75, 3.05) is 24.6 Å². The summed E-state index contributed by atoms with van der Waals surface area (Å²) in [5.41, 5.74) is 0. The van der Waals surface area contributed by atoms with Crippen molar-refractivity contribution in [2.24, 2.45) is 7.05 Å². The normalized spacial score (nSPS) is 12.8. The van der Waals surface area contributed by atoms with E-state index in [1.807, 2.05) is 0 Å². The molecule has 0 N–H and O–H groups in total. The van der Waals surface area contributed by atoms with Crippen molar-refractivity contribution in [3.05, 3.63) is 18.7 Å². The maximum atomic E-state index is 2.39. The van der Waals surface area contributed by atoms with Gasteiger partial charge in [-0.25, -0.2) is 0 Å². The molecule has 1 rings (SSSR count). The zero-order valence-corrected chi connectivity index (χ0v) is 15.9. The number of imidazole rings is 1. The van der Waals surface area contributed by atoms with E-state index in [0.717, 1.165) is 0 Å². The summed E-state index contributed by atoms with van der Waals surface area (Å²) in [4.78, 5) is 0. The van der Waals surface area contributed by atoms with Gasteiger partial charge in [0.15, 0.2) is 0 Å². The van der Waals surface area contributed by atoms with Crippen LogP contribution in [0.2, 0.25) is 0 Å². The first-order valence-corrected chi connectivity index (χ1v) is 12.0. The molecule has 3 heteroatoms. The van der Waals surface area contributed by atoms with Gasteiger partial charge >= 0.3 is 133 Å². The van der Waals surface area contributed by atoms with E-state index in [4.69, 9.17) is 0 Å². The zero-order chi connectivity index (χ0) is 15.6. The fraction of sp³-hybridized carbons (Fsp3) is 0.833. The molecule has 0 aliphatic heterocycles. The number of nitrogens with zero attached hydrogens (tertiary/aromatic N) is 2. The SMILES string of the molecule is CCC[PH](CCC)(CCC)CCCCC[n+]1ccn(C)c1. The number of rotatable bonds is 12. The van der Waals surface area contributed by atoms with E-state index in [9.17, 15) is 0 Å². The molecule has 21 heavy (non-hydrogen) atoms. The second-order valence-corrected chi connectivity index (χ2v) is 11.9. The van der Waals surface area contributed by atoms with E-state index in [1.165, 1.54) is 45.1 Å². The molecule has 0 saturated carbocycles. The van der Waals surface area contributed by atoms with Crippen LogP contribution in [0.1, 0.15) is 59.3 Å². The number of unbranched alkanes of at least 4 members (excludes halogenated alkanes) is 2. The summed E-state index contributed by atoms with van der Waals surface area (Å²) >= 11 is 0. The van der Waals surface area contributed by atoms with Crippen LogP contribution >= 0.6 is 7.26 Å². The van der Waals surface area contributed by atoms with Gasteiger partial charge in [0.05, 0.1) is 0 Å².